The number of ether oxygens (including phenoxy) is 2. The molecule has 1 aliphatic rings. The molecule has 1 N–H and O–H groups in total. The number of aromatic nitrogens is 3. The van der Waals surface area contributed by atoms with Gasteiger partial charge in [-0.15, -0.1) is 0 Å². The molecule has 0 saturated carbocycles. The first kappa shape index (κ1) is 22.6. The van der Waals surface area contributed by atoms with Crippen LogP contribution in [0.4, 0.5) is 10.6 Å². The van der Waals surface area contributed by atoms with Gasteiger partial charge in [0.2, 0.25) is 0 Å². The maximum atomic E-state index is 12.5. The van der Waals surface area contributed by atoms with Crippen molar-refractivity contribution in [3.05, 3.63) is 58.3 Å². The highest BCUT2D eigenvalue weighted by atomic mass is 16.6. The molecular weight excluding hydrogens is 422 g/mol. The first-order valence-electron chi connectivity index (χ1n) is 11.0. The van der Waals surface area contributed by atoms with Crippen LogP contribution in [0, 0.1) is 0 Å². The van der Waals surface area contributed by atoms with E-state index in [2.05, 4.69) is 19.9 Å². The first-order valence-corrected chi connectivity index (χ1v) is 11.0. The van der Waals surface area contributed by atoms with Crippen LogP contribution in [0.1, 0.15) is 32.2 Å². The number of nitrogens with one attached hydrogen (secondary N) is 1. The van der Waals surface area contributed by atoms with Crippen molar-refractivity contribution in [2.45, 2.75) is 32.8 Å². The molecule has 174 valence electrons. The van der Waals surface area contributed by atoms with Gasteiger partial charge in [-0.2, -0.15) is 0 Å². The third-order valence-corrected chi connectivity index (χ3v) is 5.40. The number of amides is 1. The smallest absolute Gasteiger partial charge is 0.410 e. The monoisotopic (exact) mass is 451 g/mol. The number of piperazine rings is 1. The number of rotatable bonds is 4. The molecule has 33 heavy (non-hydrogen) atoms. The van der Waals surface area contributed by atoms with Gasteiger partial charge in [0.15, 0.2) is 0 Å². The number of hydrogen-bond acceptors (Lipinski definition) is 7. The number of benzene rings is 1. The van der Waals surface area contributed by atoms with E-state index in [0.717, 1.165) is 11.4 Å². The third-order valence-electron chi connectivity index (χ3n) is 5.40. The van der Waals surface area contributed by atoms with E-state index < -0.39 is 5.60 Å². The van der Waals surface area contributed by atoms with Crippen LogP contribution in [-0.2, 0) is 11.2 Å². The van der Waals surface area contributed by atoms with Crippen molar-refractivity contribution in [2.75, 3.05) is 38.2 Å². The summed E-state index contributed by atoms with van der Waals surface area (Å²) in [5, 5.41) is 0.497. The predicted octanol–water partition coefficient (Wildman–Crippen LogP) is 2.97. The van der Waals surface area contributed by atoms with Gasteiger partial charge in [-0.3, -0.25) is 4.79 Å². The van der Waals surface area contributed by atoms with E-state index in [1.165, 1.54) is 0 Å². The fraction of sp³-hybridized carbons (Fsp3) is 0.417. The van der Waals surface area contributed by atoms with Gasteiger partial charge in [-0.1, -0.05) is 6.07 Å². The standard InChI is InChI=1S/C24H29N5O4/c1-24(2,3)33-23(31)29-11-9-28(10-12-29)21-8-5-16(15-25-21)13-20-26-19-7-6-17(32-4)14-18(19)22(30)27-20/h5-8,14-15H,9-13H2,1-4H3,(H,26,27,30). The van der Waals surface area contributed by atoms with E-state index in [1.54, 1.807) is 36.4 Å². The predicted molar refractivity (Wildman–Crippen MR) is 126 cm³/mol. The minimum Gasteiger partial charge on any atom is -0.497 e. The first-order chi connectivity index (χ1) is 15.7. The molecule has 4 rings (SSSR count). The van der Waals surface area contributed by atoms with Crippen LogP contribution in [0.25, 0.3) is 10.9 Å². The molecule has 0 bridgehead atoms. The minimum absolute atomic E-state index is 0.193. The second-order valence-electron chi connectivity index (χ2n) is 9.05. The van der Waals surface area contributed by atoms with Crippen molar-refractivity contribution in [3.63, 3.8) is 0 Å². The Kier molecular flexibility index (Phi) is 6.22. The van der Waals surface area contributed by atoms with Crippen LogP contribution >= 0.6 is 0 Å². The summed E-state index contributed by atoms with van der Waals surface area (Å²) in [6.45, 7) is 8.16. The van der Waals surface area contributed by atoms with Gasteiger partial charge >= 0.3 is 6.09 Å². The average molecular weight is 452 g/mol. The molecule has 3 heterocycles. The van der Waals surface area contributed by atoms with Crippen LogP contribution in [0.2, 0.25) is 0 Å². The summed E-state index contributed by atoms with van der Waals surface area (Å²) in [7, 11) is 1.56. The van der Waals surface area contributed by atoms with E-state index >= 15 is 0 Å². The van der Waals surface area contributed by atoms with Gasteiger partial charge in [0, 0.05) is 38.8 Å². The van der Waals surface area contributed by atoms with Gasteiger partial charge in [0.1, 0.15) is 23.0 Å². The highest BCUT2D eigenvalue weighted by Crippen LogP contribution is 2.19. The molecule has 1 amide bonds. The summed E-state index contributed by atoms with van der Waals surface area (Å²) in [6.07, 6.45) is 1.99. The quantitative estimate of drug-likeness (QED) is 0.651. The lowest BCUT2D eigenvalue weighted by Crippen LogP contribution is -2.50. The zero-order chi connectivity index (χ0) is 23.6. The van der Waals surface area contributed by atoms with Gasteiger partial charge in [0.25, 0.3) is 5.56 Å². The summed E-state index contributed by atoms with van der Waals surface area (Å²) < 4.78 is 10.6. The van der Waals surface area contributed by atoms with E-state index in [9.17, 15) is 9.59 Å². The number of hydrogen-bond donors (Lipinski definition) is 1. The summed E-state index contributed by atoms with van der Waals surface area (Å²) in [5.41, 5.74) is 0.883. The number of pyridine rings is 1. The fourth-order valence-corrected chi connectivity index (χ4v) is 3.72. The third kappa shape index (κ3) is 5.42. The number of anilines is 1. The lowest BCUT2D eigenvalue weighted by molar-refractivity contribution is 0.0240. The Labute approximate surface area is 192 Å². The molecule has 0 spiro atoms. The molecular formula is C24H29N5O4. The summed E-state index contributed by atoms with van der Waals surface area (Å²) in [4.78, 5) is 40.6. The van der Waals surface area contributed by atoms with Crippen molar-refractivity contribution < 1.29 is 14.3 Å². The van der Waals surface area contributed by atoms with Crippen LogP contribution in [0.3, 0.4) is 0 Å². The lowest BCUT2D eigenvalue weighted by atomic mass is 10.2. The Morgan fingerprint density at radius 2 is 1.88 bits per heavy atom. The van der Waals surface area contributed by atoms with Crippen molar-refractivity contribution >= 4 is 22.8 Å². The normalized spacial score (nSPS) is 14.4. The Balaban J connectivity index is 1.39. The lowest BCUT2D eigenvalue weighted by Gasteiger charge is -2.36. The second kappa shape index (κ2) is 9.09. The number of fused-ring (bicyclic) bond motifs is 1. The molecule has 0 aliphatic carbocycles. The molecule has 9 nitrogen and oxygen atoms in total. The van der Waals surface area contributed by atoms with Crippen LogP contribution < -0.4 is 15.2 Å². The number of H-pyrrole nitrogens is 1. The number of carbonyl (C=O) groups excluding carboxylic acids is 1. The summed E-state index contributed by atoms with van der Waals surface area (Å²) >= 11 is 0. The minimum atomic E-state index is -0.497. The molecule has 0 atom stereocenters. The number of aromatic amines is 1. The van der Waals surface area contributed by atoms with E-state index in [0.29, 0.717) is 55.1 Å². The number of methoxy groups -OCH3 is 1. The molecule has 1 fully saturated rings. The molecule has 2 aromatic heterocycles. The van der Waals surface area contributed by atoms with Crippen LogP contribution in [0.5, 0.6) is 5.75 Å². The molecule has 0 unspecified atom stereocenters. The van der Waals surface area contributed by atoms with Crippen LogP contribution in [-0.4, -0.2) is 64.8 Å². The molecule has 9 heteroatoms. The molecule has 3 aromatic rings. The van der Waals surface area contributed by atoms with Crippen molar-refractivity contribution in [1.29, 1.82) is 0 Å². The van der Waals surface area contributed by atoms with Crippen molar-refractivity contribution in [3.8, 4) is 5.75 Å². The number of nitrogens with zero attached hydrogens (tertiary/aromatic N) is 4. The van der Waals surface area contributed by atoms with Gasteiger partial charge in [-0.05, 0) is 50.6 Å². The van der Waals surface area contributed by atoms with E-state index in [1.807, 2.05) is 32.9 Å². The maximum absolute atomic E-state index is 12.5. The Hall–Kier alpha value is -3.62. The zero-order valence-electron chi connectivity index (χ0n) is 19.4. The zero-order valence-corrected chi connectivity index (χ0v) is 19.4. The topological polar surface area (TPSA) is 101 Å². The largest absolute Gasteiger partial charge is 0.497 e. The highest BCUT2D eigenvalue weighted by molar-refractivity contribution is 5.79. The van der Waals surface area contributed by atoms with E-state index in [4.69, 9.17) is 9.47 Å². The average Bonchev–Trinajstić information content (AvgIpc) is 2.78. The van der Waals surface area contributed by atoms with Gasteiger partial charge in [-0.25, -0.2) is 14.8 Å². The van der Waals surface area contributed by atoms with Gasteiger partial charge in [0.05, 0.1) is 18.0 Å². The Bertz CT molecular complexity index is 1190. The number of carbonyl (C=O) groups is 1. The van der Waals surface area contributed by atoms with E-state index in [-0.39, 0.29) is 11.7 Å². The Morgan fingerprint density at radius 1 is 1.12 bits per heavy atom. The molecule has 1 aliphatic heterocycles. The van der Waals surface area contributed by atoms with Crippen molar-refractivity contribution in [1.82, 2.24) is 19.9 Å². The van der Waals surface area contributed by atoms with Crippen molar-refractivity contribution in [2.24, 2.45) is 0 Å². The van der Waals surface area contributed by atoms with Gasteiger partial charge < -0.3 is 24.3 Å². The molecule has 1 aromatic carbocycles. The fourth-order valence-electron chi connectivity index (χ4n) is 3.72. The maximum Gasteiger partial charge on any atom is 0.410 e. The second-order valence-corrected chi connectivity index (χ2v) is 9.05. The highest BCUT2D eigenvalue weighted by Gasteiger charge is 2.26. The summed E-state index contributed by atoms with van der Waals surface area (Å²) in [6, 6.07) is 9.20. The summed E-state index contributed by atoms with van der Waals surface area (Å²) in [5.74, 6) is 2.06. The molecule has 1 saturated heterocycles. The van der Waals surface area contributed by atoms with Crippen LogP contribution in [0.15, 0.2) is 41.3 Å². The Morgan fingerprint density at radius 3 is 2.52 bits per heavy atom. The molecule has 0 radical (unpaired) electrons. The SMILES string of the molecule is COc1ccc2nc(Cc3ccc(N4CCN(C(=O)OC(C)(C)C)CC4)nc3)[nH]c(=O)c2c1.